The lowest BCUT2D eigenvalue weighted by atomic mass is 9.96. The van der Waals surface area contributed by atoms with Crippen LogP contribution in [0, 0.1) is 0 Å². The van der Waals surface area contributed by atoms with E-state index in [1.165, 1.54) is 21.9 Å². The Balaban J connectivity index is 2.20. The molecule has 0 saturated heterocycles. The highest BCUT2D eigenvalue weighted by Gasteiger charge is 2.19. The summed E-state index contributed by atoms with van der Waals surface area (Å²) in [6.07, 6.45) is 4.10. The lowest BCUT2D eigenvalue weighted by molar-refractivity contribution is 0.629. The van der Waals surface area contributed by atoms with Crippen molar-refractivity contribution in [1.29, 1.82) is 0 Å². The Labute approximate surface area is 105 Å². The third-order valence-electron chi connectivity index (χ3n) is 3.66. The molecule has 2 heteroatoms. The molecule has 18 heavy (non-hydrogen) atoms. The van der Waals surface area contributed by atoms with Gasteiger partial charge in [-0.1, -0.05) is 24.3 Å². The average Bonchev–Trinajstić information content (AvgIpc) is 2.77. The van der Waals surface area contributed by atoms with Gasteiger partial charge in [-0.15, -0.1) is 0 Å². The van der Waals surface area contributed by atoms with Gasteiger partial charge in [0.2, 0.25) is 0 Å². The molecular weight excluding hydrogens is 222 g/mol. The van der Waals surface area contributed by atoms with Gasteiger partial charge in [0.25, 0.3) is 0 Å². The highest BCUT2D eigenvalue weighted by atomic mass is 16.3. The Morgan fingerprint density at radius 1 is 1.06 bits per heavy atom. The van der Waals surface area contributed by atoms with Crippen LogP contribution in [0.1, 0.15) is 24.1 Å². The van der Waals surface area contributed by atoms with Crippen LogP contribution in [0.25, 0.3) is 28.0 Å². The smallest absolute Gasteiger partial charge is 0.141 e. The summed E-state index contributed by atoms with van der Waals surface area (Å²) in [6, 6.07) is 12.8. The van der Waals surface area contributed by atoms with Crippen molar-refractivity contribution in [2.45, 2.75) is 13.0 Å². The monoisotopic (exact) mass is 235 g/mol. The Hall–Kier alpha value is -2.22. The topological polar surface area (TPSA) is 25.2 Å². The molecule has 0 spiro atoms. The second kappa shape index (κ2) is 3.39. The zero-order chi connectivity index (χ0) is 12.1. The minimum atomic E-state index is 0.286. The SMILES string of the molecule is CC1NC=Cc2ccc3c(oc4ccccc43)c21. The molecule has 3 aromatic rings. The standard InChI is InChI=1S/C16H13NO/c1-10-15-11(8-9-17-10)6-7-13-12-4-2-3-5-14(12)18-16(13)15/h2-10,17H,1H3. The molecule has 2 aromatic carbocycles. The molecule has 1 aliphatic heterocycles. The first-order chi connectivity index (χ1) is 8.84. The van der Waals surface area contributed by atoms with Crippen molar-refractivity contribution >= 4 is 28.0 Å². The molecule has 1 aliphatic rings. The van der Waals surface area contributed by atoms with Crippen molar-refractivity contribution in [3.8, 4) is 0 Å². The van der Waals surface area contributed by atoms with Crippen molar-refractivity contribution in [1.82, 2.24) is 5.32 Å². The van der Waals surface area contributed by atoms with E-state index in [0.717, 1.165) is 11.2 Å². The Morgan fingerprint density at radius 3 is 2.89 bits per heavy atom. The maximum Gasteiger partial charge on any atom is 0.141 e. The molecule has 1 aromatic heterocycles. The van der Waals surface area contributed by atoms with E-state index in [1.54, 1.807) is 0 Å². The third-order valence-corrected chi connectivity index (χ3v) is 3.66. The number of furan rings is 1. The maximum atomic E-state index is 6.05. The lowest BCUT2D eigenvalue weighted by Gasteiger charge is -2.19. The van der Waals surface area contributed by atoms with Gasteiger partial charge in [-0.2, -0.15) is 0 Å². The first-order valence-corrected chi connectivity index (χ1v) is 6.21. The quantitative estimate of drug-likeness (QED) is 0.631. The number of hydrogen-bond donors (Lipinski definition) is 1. The number of hydrogen-bond acceptors (Lipinski definition) is 2. The molecule has 0 saturated carbocycles. The van der Waals surface area contributed by atoms with E-state index in [0.29, 0.717) is 0 Å². The third kappa shape index (κ3) is 1.17. The Bertz CT molecular complexity index is 782. The Kier molecular flexibility index (Phi) is 1.84. The molecule has 0 radical (unpaired) electrons. The summed E-state index contributed by atoms with van der Waals surface area (Å²) in [5.41, 5.74) is 4.47. The summed E-state index contributed by atoms with van der Waals surface area (Å²) in [5.74, 6) is 0. The van der Waals surface area contributed by atoms with Gasteiger partial charge in [-0.3, -0.25) is 0 Å². The second-order valence-corrected chi connectivity index (χ2v) is 4.77. The van der Waals surface area contributed by atoms with Crippen LogP contribution in [-0.2, 0) is 0 Å². The van der Waals surface area contributed by atoms with Gasteiger partial charge in [-0.25, -0.2) is 0 Å². The normalized spacial score (nSPS) is 17.9. The van der Waals surface area contributed by atoms with Crippen LogP contribution in [0.5, 0.6) is 0 Å². The minimum absolute atomic E-state index is 0.286. The highest BCUT2D eigenvalue weighted by molar-refractivity contribution is 6.06. The summed E-state index contributed by atoms with van der Waals surface area (Å²) in [6.45, 7) is 2.16. The van der Waals surface area contributed by atoms with E-state index in [4.69, 9.17) is 4.42 Å². The van der Waals surface area contributed by atoms with Crippen molar-refractivity contribution in [2.24, 2.45) is 0 Å². The summed E-state index contributed by atoms with van der Waals surface area (Å²) in [7, 11) is 0. The fraction of sp³-hybridized carbons (Fsp3) is 0.125. The molecule has 0 fully saturated rings. The van der Waals surface area contributed by atoms with Crippen LogP contribution >= 0.6 is 0 Å². The summed E-state index contributed by atoms with van der Waals surface area (Å²) in [5, 5.41) is 5.73. The predicted octanol–water partition coefficient (Wildman–Crippen LogP) is 4.22. The van der Waals surface area contributed by atoms with Crippen LogP contribution in [-0.4, -0.2) is 0 Å². The van der Waals surface area contributed by atoms with Crippen molar-refractivity contribution < 1.29 is 4.42 Å². The molecule has 2 heterocycles. The van der Waals surface area contributed by atoms with Crippen molar-refractivity contribution in [3.05, 3.63) is 53.7 Å². The second-order valence-electron chi connectivity index (χ2n) is 4.77. The maximum absolute atomic E-state index is 6.05. The fourth-order valence-corrected chi connectivity index (χ4v) is 2.78. The summed E-state index contributed by atoms with van der Waals surface area (Å²) in [4.78, 5) is 0. The largest absolute Gasteiger partial charge is 0.456 e. The molecule has 88 valence electrons. The van der Waals surface area contributed by atoms with Crippen molar-refractivity contribution in [2.75, 3.05) is 0 Å². The van der Waals surface area contributed by atoms with Gasteiger partial charge in [0.05, 0.1) is 6.04 Å². The van der Waals surface area contributed by atoms with Crippen LogP contribution < -0.4 is 5.32 Å². The number of fused-ring (bicyclic) bond motifs is 5. The molecule has 0 amide bonds. The highest BCUT2D eigenvalue weighted by Crippen LogP contribution is 2.36. The average molecular weight is 235 g/mol. The van der Waals surface area contributed by atoms with Gasteiger partial charge in [0.1, 0.15) is 11.2 Å². The van der Waals surface area contributed by atoms with Crippen LogP contribution in [0.4, 0.5) is 0 Å². The predicted molar refractivity (Wildman–Crippen MR) is 74.3 cm³/mol. The van der Waals surface area contributed by atoms with E-state index < -0.39 is 0 Å². The number of para-hydroxylation sites is 1. The fourth-order valence-electron chi connectivity index (χ4n) is 2.78. The summed E-state index contributed by atoms with van der Waals surface area (Å²) < 4.78 is 6.05. The molecule has 0 aliphatic carbocycles. The van der Waals surface area contributed by atoms with E-state index in [9.17, 15) is 0 Å². The Morgan fingerprint density at radius 2 is 1.94 bits per heavy atom. The molecule has 1 N–H and O–H groups in total. The zero-order valence-corrected chi connectivity index (χ0v) is 10.1. The van der Waals surface area contributed by atoms with E-state index in [-0.39, 0.29) is 6.04 Å². The van der Waals surface area contributed by atoms with E-state index in [1.807, 2.05) is 18.3 Å². The van der Waals surface area contributed by atoms with Gasteiger partial charge >= 0.3 is 0 Å². The van der Waals surface area contributed by atoms with Gasteiger partial charge in [0.15, 0.2) is 0 Å². The molecular formula is C16H13NO. The molecule has 1 unspecified atom stereocenters. The number of rotatable bonds is 0. The molecule has 2 nitrogen and oxygen atoms in total. The van der Waals surface area contributed by atoms with Crippen LogP contribution in [0.15, 0.2) is 47.0 Å². The van der Waals surface area contributed by atoms with Gasteiger partial charge in [-0.05, 0) is 36.9 Å². The van der Waals surface area contributed by atoms with Gasteiger partial charge < -0.3 is 9.73 Å². The van der Waals surface area contributed by atoms with E-state index >= 15 is 0 Å². The first kappa shape index (κ1) is 9.77. The van der Waals surface area contributed by atoms with Crippen LogP contribution in [0.2, 0.25) is 0 Å². The van der Waals surface area contributed by atoms with Crippen LogP contribution in [0.3, 0.4) is 0 Å². The van der Waals surface area contributed by atoms with E-state index in [2.05, 4.69) is 42.6 Å². The number of benzene rings is 2. The van der Waals surface area contributed by atoms with Crippen molar-refractivity contribution in [3.63, 3.8) is 0 Å². The first-order valence-electron chi connectivity index (χ1n) is 6.21. The molecule has 4 rings (SSSR count). The lowest BCUT2D eigenvalue weighted by Crippen LogP contribution is -2.16. The molecule has 0 bridgehead atoms. The van der Waals surface area contributed by atoms with Gasteiger partial charge in [0, 0.05) is 16.3 Å². The number of nitrogens with one attached hydrogen (secondary N) is 1. The molecule has 1 atom stereocenters. The minimum Gasteiger partial charge on any atom is -0.456 e. The zero-order valence-electron chi connectivity index (χ0n) is 10.1. The summed E-state index contributed by atoms with van der Waals surface area (Å²) >= 11 is 0.